The summed E-state index contributed by atoms with van der Waals surface area (Å²) in [6.07, 6.45) is -1.71. The molecular weight excluding hydrogens is 459 g/mol. The molecule has 34 heavy (non-hydrogen) atoms. The van der Waals surface area contributed by atoms with Crippen LogP contribution in [0.2, 0.25) is 0 Å². The van der Waals surface area contributed by atoms with Crippen molar-refractivity contribution in [3.63, 3.8) is 0 Å². The fraction of sp³-hybridized carbons (Fsp3) is 0.818. The lowest BCUT2D eigenvalue weighted by Gasteiger charge is -2.28. The van der Waals surface area contributed by atoms with Crippen molar-refractivity contribution in [1.82, 2.24) is 15.5 Å². The number of carbonyl (C=O) groups is 4. The smallest absolute Gasteiger partial charge is 0.383 e. The van der Waals surface area contributed by atoms with Crippen molar-refractivity contribution >= 4 is 23.5 Å². The highest BCUT2D eigenvalue weighted by molar-refractivity contribution is 5.95. The van der Waals surface area contributed by atoms with Gasteiger partial charge in [0.2, 0.25) is 11.8 Å². The molecule has 0 aromatic heterocycles. The average Bonchev–Trinajstić information content (AvgIpc) is 3.65. The number of alkyl halides is 3. The van der Waals surface area contributed by atoms with Crippen LogP contribution in [0.4, 0.5) is 13.2 Å². The second-order valence-electron chi connectivity index (χ2n) is 10.2. The zero-order valence-electron chi connectivity index (χ0n) is 18.7. The maximum absolute atomic E-state index is 13.2. The third kappa shape index (κ3) is 6.07. The van der Waals surface area contributed by atoms with Crippen LogP contribution < -0.4 is 10.6 Å². The van der Waals surface area contributed by atoms with Crippen LogP contribution in [-0.4, -0.2) is 77.8 Å². The summed E-state index contributed by atoms with van der Waals surface area (Å²) >= 11 is 0. The summed E-state index contributed by atoms with van der Waals surface area (Å²) in [7, 11) is 0. The lowest BCUT2D eigenvalue weighted by atomic mass is 9.95. The normalized spacial score (nSPS) is 27.4. The van der Waals surface area contributed by atoms with Crippen molar-refractivity contribution in [2.75, 3.05) is 19.7 Å². The molecule has 2 saturated carbocycles. The van der Waals surface area contributed by atoms with Gasteiger partial charge >= 0.3 is 6.36 Å². The summed E-state index contributed by atoms with van der Waals surface area (Å²) in [6, 6.07) is -2.30. The Labute approximate surface area is 194 Å². The number of carbonyl (C=O) groups excluding carboxylic acids is 4. The molecule has 4 fully saturated rings. The first kappa shape index (κ1) is 24.9. The zero-order chi connectivity index (χ0) is 24.7. The van der Waals surface area contributed by atoms with Gasteiger partial charge in [0.15, 0.2) is 5.78 Å². The van der Waals surface area contributed by atoms with Crippen LogP contribution in [-0.2, 0) is 23.9 Å². The highest BCUT2D eigenvalue weighted by atomic mass is 19.4. The van der Waals surface area contributed by atoms with Gasteiger partial charge in [0.05, 0.1) is 6.04 Å². The van der Waals surface area contributed by atoms with E-state index in [-0.39, 0.29) is 17.7 Å². The highest BCUT2D eigenvalue weighted by Crippen LogP contribution is 2.55. The molecule has 9 nitrogen and oxygen atoms in total. The number of ketones is 1. The molecule has 2 aliphatic carbocycles. The first-order valence-corrected chi connectivity index (χ1v) is 11.8. The van der Waals surface area contributed by atoms with Crippen molar-refractivity contribution in [3.8, 4) is 0 Å². The molecule has 3 N–H and O–H groups in total. The van der Waals surface area contributed by atoms with E-state index in [1.54, 1.807) is 0 Å². The topological polar surface area (TPSA) is 125 Å². The van der Waals surface area contributed by atoms with E-state index < -0.39 is 54.7 Å². The average molecular weight is 489 g/mol. The van der Waals surface area contributed by atoms with Gasteiger partial charge in [0.1, 0.15) is 18.8 Å². The SMILES string of the molecule is O=C1NCC[C@H]1C[C@H](NC(=O)[C@@H]1CC2(CC2)CN1C(=O)[C@H](O)CC1CC1)C(=O)COC(F)(F)F. The zero-order valence-corrected chi connectivity index (χ0v) is 18.7. The van der Waals surface area contributed by atoms with E-state index in [0.717, 1.165) is 25.7 Å². The number of likely N-dealkylation sites (tertiary alicyclic amines) is 1. The number of aliphatic hydroxyl groups excluding tert-OH is 1. The highest BCUT2D eigenvalue weighted by Gasteiger charge is 2.56. The molecule has 0 bridgehead atoms. The Morgan fingerprint density at radius 2 is 1.91 bits per heavy atom. The van der Waals surface area contributed by atoms with Crippen LogP contribution in [0.3, 0.4) is 0 Å². The van der Waals surface area contributed by atoms with Gasteiger partial charge in [-0.05, 0) is 49.9 Å². The molecule has 2 saturated heterocycles. The Balaban J connectivity index is 1.45. The van der Waals surface area contributed by atoms with Crippen molar-refractivity contribution < 1.29 is 42.2 Å². The van der Waals surface area contributed by atoms with E-state index in [1.807, 2.05) is 0 Å². The number of ether oxygens (including phenoxy) is 1. The number of hydrogen-bond donors (Lipinski definition) is 3. The van der Waals surface area contributed by atoms with Crippen LogP contribution in [0.5, 0.6) is 0 Å². The summed E-state index contributed by atoms with van der Waals surface area (Å²) < 4.78 is 41.0. The van der Waals surface area contributed by atoms with Crippen molar-refractivity contribution in [2.24, 2.45) is 17.3 Å². The van der Waals surface area contributed by atoms with E-state index in [0.29, 0.717) is 38.3 Å². The van der Waals surface area contributed by atoms with E-state index in [1.165, 1.54) is 4.90 Å². The van der Waals surface area contributed by atoms with E-state index in [9.17, 15) is 37.5 Å². The maximum Gasteiger partial charge on any atom is 0.522 e. The molecule has 0 radical (unpaired) electrons. The second-order valence-corrected chi connectivity index (χ2v) is 10.2. The number of aliphatic hydroxyl groups is 1. The lowest BCUT2D eigenvalue weighted by molar-refractivity contribution is -0.321. The van der Waals surface area contributed by atoms with Gasteiger partial charge in [-0.1, -0.05) is 12.8 Å². The van der Waals surface area contributed by atoms with E-state index in [4.69, 9.17) is 0 Å². The summed E-state index contributed by atoms with van der Waals surface area (Å²) in [6.45, 7) is -0.587. The van der Waals surface area contributed by atoms with Crippen LogP contribution in [0, 0.1) is 17.3 Å². The van der Waals surface area contributed by atoms with Gasteiger partial charge < -0.3 is 20.6 Å². The van der Waals surface area contributed by atoms with Gasteiger partial charge in [-0.15, -0.1) is 13.2 Å². The van der Waals surface area contributed by atoms with Gasteiger partial charge in [-0.3, -0.25) is 23.9 Å². The largest absolute Gasteiger partial charge is 0.522 e. The minimum absolute atomic E-state index is 0.159. The minimum atomic E-state index is -5.01. The molecule has 190 valence electrons. The minimum Gasteiger partial charge on any atom is -0.383 e. The number of Topliss-reactive ketones (excluding diaryl/α,β-unsaturated/α-hetero) is 1. The molecule has 4 rings (SSSR count). The molecule has 1 spiro atoms. The van der Waals surface area contributed by atoms with Gasteiger partial charge in [0.25, 0.3) is 5.91 Å². The third-order valence-corrected chi connectivity index (χ3v) is 7.36. The Hall–Kier alpha value is -2.21. The van der Waals surface area contributed by atoms with Gasteiger partial charge in [-0.2, -0.15) is 0 Å². The summed E-state index contributed by atoms with van der Waals surface area (Å²) in [5.74, 6) is -2.86. The number of amides is 3. The number of halogens is 3. The molecule has 4 atom stereocenters. The van der Waals surface area contributed by atoms with Gasteiger partial charge in [-0.25, -0.2) is 0 Å². The molecule has 0 aromatic carbocycles. The standard InChI is InChI=1S/C22H30F3N3O6/c23-22(24,25)34-10-17(30)14(8-13-3-6-26-18(13)31)27-19(32)15-9-21(4-5-21)11-28(15)20(33)16(29)7-12-1-2-12/h12-16,29H,1-11H2,(H,26,31)(H,27,32)/t13-,14-,15-,16+/m0/s1. The summed E-state index contributed by atoms with van der Waals surface area (Å²) in [5, 5.41) is 15.5. The van der Waals surface area contributed by atoms with E-state index in [2.05, 4.69) is 15.4 Å². The fourth-order valence-corrected chi connectivity index (χ4v) is 4.97. The van der Waals surface area contributed by atoms with Crippen LogP contribution >= 0.6 is 0 Å². The fourth-order valence-electron chi connectivity index (χ4n) is 4.97. The molecule has 0 unspecified atom stereocenters. The number of rotatable bonds is 10. The van der Waals surface area contributed by atoms with Crippen LogP contribution in [0.15, 0.2) is 0 Å². The molecule has 12 heteroatoms. The molecule has 4 aliphatic rings. The maximum atomic E-state index is 13.2. The second kappa shape index (κ2) is 9.44. The molecular formula is C22H30F3N3O6. The Bertz CT molecular complexity index is 842. The Kier molecular flexibility index (Phi) is 6.92. The van der Waals surface area contributed by atoms with Crippen LogP contribution in [0.25, 0.3) is 0 Å². The first-order valence-electron chi connectivity index (χ1n) is 11.8. The van der Waals surface area contributed by atoms with Crippen molar-refractivity contribution in [1.29, 1.82) is 0 Å². The van der Waals surface area contributed by atoms with Gasteiger partial charge in [0, 0.05) is 19.0 Å². The number of nitrogens with zero attached hydrogens (tertiary/aromatic N) is 1. The number of hydrogen-bond acceptors (Lipinski definition) is 6. The predicted molar refractivity (Wildman–Crippen MR) is 110 cm³/mol. The monoisotopic (exact) mass is 489 g/mol. The van der Waals surface area contributed by atoms with Crippen molar-refractivity contribution in [3.05, 3.63) is 0 Å². The van der Waals surface area contributed by atoms with Crippen LogP contribution in [0.1, 0.15) is 51.4 Å². The molecule has 0 aromatic rings. The quantitative estimate of drug-likeness (QED) is 0.414. The number of nitrogens with one attached hydrogen (secondary N) is 2. The molecule has 2 aliphatic heterocycles. The molecule has 3 amide bonds. The lowest BCUT2D eigenvalue weighted by Crippen LogP contribution is -2.53. The third-order valence-electron chi connectivity index (χ3n) is 7.36. The van der Waals surface area contributed by atoms with E-state index >= 15 is 0 Å². The summed E-state index contributed by atoms with van der Waals surface area (Å²) in [4.78, 5) is 52.0. The van der Waals surface area contributed by atoms with Crippen molar-refractivity contribution in [2.45, 2.75) is 75.9 Å². The Morgan fingerprint density at radius 1 is 1.21 bits per heavy atom. The predicted octanol–water partition coefficient (Wildman–Crippen LogP) is 0.645. The molecule has 2 heterocycles. The first-order chi connectivity index (χ1) is 16.0. The summed E-state index contributed by atoms with van der Waals surface area (Å²) in [5.41, 5.74) is -0.193. The Morgan fingerprint density at radius 3 is 2.47 bits per heavy atom.